The van der Waals surface area contributed by atoms with Gasteiger partial charge >= 0.3 is 0 Å². The van der Waals surface area contributed by atoms with Crippen molar-refractivity contribution in [3.63, 3.8) is 0 Å². The minimum atomic E-state index is -3.54. The van der Waals surface area contributed by atoms with Gasteiger partial charge in [0, 0.05) is 12.1 Å². The smallest absolute Gasteiger partial charge is 0.241 e. The fourth-order valence-electron chi connectivity index (χ4n) is 2.39. The zero-order valence-corrected chi connectivity index (χ0v) is 13.3. The molecule has 0 saturated heterocycles. The van der Waals surface area contributed by atoms with Crippen LogP contribution in [0.2, 0.25) is 0 Å². The molecule has 0 unspecified atom stereocenters. The second-order valence-electron chi connectivity index (χ2n) is 5.84. The second kappa shape index (κ2) is 6.18. The Morgan fingerprint density at radius 3 is 2.57 bits per heavy atom. The standard InChI is InChI=1S/C16H22N2O2S/c1-13(2)16(9-10-16)12-18-21(19,20)15-8-4-3-6-14(15)7-5-11-17/h3-4,6,8,13,18H,9-12,17H2,1-2H3. The first-order valence-corrected chi connectivity index (χ1v) is 8.67. The van der Waals surface area contributed by atoms with Crippen LogP contribution in [0.3, 0.4) is 0 Å². The molecule has 0 spiro atoms. The molecule has 0 atom stereocenters. The lowest BCUT2D eigenvalue weighted by Crippen LogP contribution is -2.33. The van der Waals surface area contributed by atoms with Gasteiger partial charge in [-0.05, 0) is 36.3 Å². The van der Waals surface area contributed by atoms with Crippen molar-refractivity contribution in [3.8, 4) is 11.8 Å². The van der Waals surface area contributed by atoms with E-state index in [1.54, 1.807) is 24.3 Å². The van der Waals surface area contributed by atoms with Crippen molar-refractivity contribution in [2.24, 2.45) is 17.1 Å². The van der Waals surface area contributed by atoms with Crippen LogP contribution in [0.15, 0.2) is 29.2 Å². The van der Waals surface area contributed by atoms with E-state index in [1.165, 1.54) is 0 Å². The van der Waals surface area contributed by atoms with Gasteiger partial charge in [-0.25, -0.2) is 13.1 Å². The summed E-state index contributed by atoms with van der Waals surface area (Å²) >= 11 is 0. The molecule has 4 nitrogen and oxygen atoms in total. The fourth-order valence-corrected chi connectivity index (χ4v) is 3.69. The van der Waals surface area contributed by atoms with Crippen LogP contribution in [0.1, 0.15) is 32.3 Å². The lowest BCUT2D eigenvalue weighted by Gasteiger charge is -2.20. The molecule has 0 aliphatic heterocycles. The van der Waals surface area contributed by atoms with E-state index in [4.69, 9.17) is 5.73 Å². The van der Waals surface area contributed by atoms with Crippen molar-refractivity contribution < 1.29 is 8.42 Å². The molecule has 1 fully saturated rings. The molecule has 114 valence electrons. The molecule has 3 N–H and O–H groups in total. The average molecular weight is 306 g/mol. The maximum Gasteiger partial charge on any atom is 0.241 e. The average Bonchev–Trinajstić information content (AvgIpc) is 3.25. The van der Waals surface area contributed by atoms with Gasteiger partial charge in [0.05, 0.1) is 11.4 Å². The van der Waals surface area contributed by atoms with Gasteiger partial charge < -0.3 is 5.73 Å². The number of benzene rings is 1. The Kier molecular flexibility index (Phi) is 4.72. The molecule has 1 aliphatic rings. The van der Waals surface area contributed by atoms with Crippen LogP contribution < -0.4 is 10.5 Å². The molecule has 0 bridgehead atoms. The van der Waals surface area contributed by atoms with Crippen LogP contribution in [0, 0.1) is 23.2 Å². The van der Waals surface area contributed by atoms with Gasteiger partial charge in [0.15, 0.2) is 0 Å². The van der Waals surface area contributed by atoms with Gasteiger partial charge in [0.2, 0.25) is 10.0 Å². The maximum atomic E-state index is 12.5. The van der Waals surface area contributed by atoms with Crippen LogP contribution in [0.5, 0.6) is 0 Å². The maximum absolute atomic E-state index is 12.5. The Hall–Kier alpha value is -1.35. The third-order valence-electron chi connectivity index (χ3n) is 4.23. The number of nitrogens with one attached hydrogen (secondary N) is 1. The van der Waals surface area contributed by atoms with E-state index in [1.807, 2.05) is 0 Å². The predicted octanol–water partition coefficient (Wildman–Crippen LogP) is 1.71. The first kappa shape index (κ1) is 16.0. The number of rotatable bonds is 5. The van der Waals surface area contributed by atoms with Gasteiger partial charge in [0.25, 0.3) is 0 Å². The Labute approximate surface area is 127 Å². The van der Waals surface area contributed by atoms with Crippen molar-refractivity contribution in [2.45, 2.75) is 31.6 Å². The van der Waals surface area contributed by atoms with Crippen LogP contribution in [0.4, 0.5) is 0 Å². The molecule has 0 radical (unpaired) electrons. The summed E-state index contributed by atoms with van der Waals surface area (Å²) in [5.41, 5.74) is 5.97. The molecule has 5 heteroatoms. The van der Waals surface area contributed by atoms with Crippen molar-refractivity contribution in [3.05, 3.63) is 29.8 Å². The van der Waals surface area contributed by atoms with Crippen molar-refractivity contribution in [1.82, 2.24) is 4.72 Å². The van der Waals surface area contributed by atoms with E-state index in [-0.39, 0.29) is 16.9 Å². The highest BCUT2D eigenvalue weighted by Gasteiger charge is 2.45. The Bertz CT molecular complexity index is 665. The van der Waals surface area contributed by atoms with Gasteiger partial charge in [0.1, 0.15) is 0 Å². The largest absolute Gasteiger partial charge is 0.320 e. The second-order valence-corrected chi connectivity index (χ2v) is 7.58. The fraction of sp³-hybridized carbons (Fsp3) is 0.500. The zero-order valence-electron chi connectivity index (χ0n) is 12.5. The Morgan fingerprint density at radius 2 is 2.00 bits per heavy atom. The van der Waals surface area contributed by atoms with Crippen LogP contribution in [-0.2, 0) is 10.0 Å². The minimum absolute atomic E-state index is 0.130. The monoisotopic (exact) mass is 306 g/mol. The van der Waals surface area contributed by atoms with Crippen molar-refractivity contribution >= 4 is 10.0 Å². The van der Waals surface area contributed by atoms with Gasteiger partial charge in [-0.2, -0.15) is 0 Å². The number of hydrogen-bond acceptors (Lipinski definition) is 3. The quantitative estimate of drug-likeness (QED) is 0.814. The number of nitrogens with two attached hydrogens (primary N) is 1. The molecule has 1 saturated carbocycles. The molecule has 0 amide bonds. The van der Waals surface area contributed by atoms with Gasteiger partial charge in [-0.1, -0.05) is 37.8 Å². The summed E-state index contributed by atoms with van der Waals surface area (Å²) in [7, 11) is -3.54. The summed E-state index contributed by atoms with van der Waals surface area (Å²) < 4.78 is 27.8. The van der Waals surface area contributed by atoms with Gasteiger partial charge in [-0.3, -0.25) is 0 Å². The molecule has 21 heavy (non-hydrogen) atoms. The molecule has 1 aromatic rings. The first-order chi connectivity index (χ1) is 9.91. The van der Waals surface area contributed by atoms with E-state index in [2.05, 4.69) is 30.4 Å². The summed E-state index contributed by atoms with van der Waals surface area (Å²) in [5, 5.41) is 0. The van der Waals surface area contributed by atoms with E-state index >= 15 is 0 Å². The molecule has 0 aromatic heterocycles. The highest BCUT2D eigenvalue weighted by molar-refractivity contribution is 7.89. The molecular formula is C16H22N2O2S. The molecule has 1 aliphatic carbocycles. The Balaban J connectivity index is 2.20. The lowest BCUT2D eigenvalue weighted by molar-refractivity contribution is 0.357. The third-order valence-corrected chi connectivity index (χ3v) is 5.69. The Morgan fingerprint density at radius 1 is 1.33 bits per heavy atom. The number of hydrogen-bond donors (Lipinski definition) is 2. The van der Waals surface area contributed by atoms with Gasteiger partial charge in [-0.15, -0.1) is 0 Å². The summed E-state index contributed by atoms with van der Waals surface area (Å²) in [6.07, 6.45) is 2.17. The topological polar surface area (TPSA) is 72.2 Å². The van der Waals surface area contributed by atoms with E-state index in [9.17, 15) is 8.42 Å². The van der Waals surface area contributed by atoms with Crippen molar-refractivity contribution in [2.75, 3.05) is 13.1 Å². The van der Waals surface area contributed by atoms with E-state index in [0.717, 1.165) is 12.8 Å². The molecular weight excluding hydrogens is 284 g/mol. The number of sulfonamides is 1. The molecule has 2 rings (SSSR count). The minimum Gasteiger partial charge on any atom is -0.320 e. The first-order valence-electron chi connectivity index (χ1n) is 7.19. The lowest BCUT2D eigenvalue weighted by atomic mass is 9.93. The van der Waals surface area contributed by atoms with Crippen molar-refractivity contribution in [1.29, 1.82) is 0 Å². The summed E-state index contributed by atoms with van der Waals surface area (Å²) in [6.45, 7) is 4.98. The normalized spacial score (nSPS) is 16.4. The predicted molar refractivity (Wildman–Crippen MR) is 84.1 cm³/mol. The van der Waals surface area contributed by atoms with Crippen LogP contribution in [0.25, 0.3) is 0 Å². The van der Waals surface area contributed by atoms with E-state index in [0.29, 0.717) is 18.0 Å². The molecule has 1 aromatic carbocycles. The third kappa shape index (κ3) is 3.65. The van der Waals surface area contributed by atoms with Crippen LogP contribution >= 0.6 is 0 Å². The highest BCUT2D eigenvalue weighted by atomic mass is 32.2. The molecule has 0 heterocycles. The highest BCUT2D eigenvalue weighted by Crippen LogP contribution is 2.51. The van der Waals surface area contributed by atoms with E-state index < -0.39 is 10.0 Å². The van der Waals surface area contributed by atoms with Crippen LogP contribution in [-0.4, -0.2) is 21.5 Å². The SMILES string of the molecule is CC(C)C1(CNS(=O)(=O)c2ccccc2C#CCN)CC1. The summed E-state index contributed by atoms with van der Waals surface area (Å²) in [5.74, 6) is 6.01. The summed E-state index contributed by atoms with van der Waals surface area (Å²) in [4.78, 5) is 0.227. The zero-order chi connectivity index (χ0) is 15.5. The summed E-state index contributed by atoms with van der Waals surface area (Å²) in [6, 6.07) is 6.76.